The molecule has 0 bridgehead atoms. The number of nitrogens with one attached hydrogen (secondary N) is 1. The molecule has 4 rings (SSSR count). The zero-order valence-electron chi connectivity index (χ0n) is 18.7. The highest BCUT2D eigenvalue weighted by Gasteiger charge is 2.13. The summed E-state index contributed by atoms with van der Waals surface area (Å²) in [5, 5.41) is 8.07. The van der Waals surface area contributed by atoms with Gasteiger partial charge in [0.2, 0.25) is 0 Å². The van der Waals surface area contributed by atoms with Crippen LogP contribution >= 0.6 is 23.2 Å². The molecular formula is C26H21Cl2N3O4. The number of rotatable bonds is 8. The maximum Gasteiger partial charge on any atom is 0.338 e. The molecule has 0 saturated carbocycles. The molecule has 0 aliphatic rings. The molecule has 0 saturated heterocycles. The van der Waals surface area contributed by atoms with Crippen LogP contribution in [0.25, 0.3) is 0 Å². The molecule has 9 heteroatoms. The van der Waals surface area contributed by atoms with Gasteiger partial charge in [-0.05, 0) is 47.5 Å². The number of hydrogen-bond acceptors (Lipinski definition) is 5. The minimum atomic E-state index is -0.413. The summed E-state index contributed by atoms with van der Waals surface area (Å²) >= 11 is 12.1. The Morgan fingerprint density at radius 3 is 2.66 bits per heavy atom. The predicted molar refractivity (Wildman–Crippen MR) is 134 cm³/mol. The van der Waals surface area contributed by atoms with Crippen LogP contribution in [0.2, 0.25) is 10.0 Å². The summed E-state index contributed by atoms with van der Waals surface area (Å²) in [6.45, 7) is 0.585. The smallest absolute Gasteiger partial charge is 0.338 e. The van der Waals surface area contributed by atoms with Gasteiger partial charge in [-0.25, -0.2) is 4.79 Å². The van der Waals surface area contributed by atoms with Crippen molar-refractivity contribution in [3.05, 3.63) is 111 Å². The van der Waals surface area contributed by atoms with Gasteiger partial charge >= 0.3 is 5.97 Å². The summed E-state index contributed by atoms with van der Waals surface area (Å²) in [4.78, 5) is 24.8. The van der Waals surface area contributed by atoms with Crippen LogP contribution in [0.5, 0.6) is 5.75 Å². The number of carbonyl (C=O) groups excluding carboxylic acids is 2. The summed E-state index contributed by atoms with van der Waals surface area (Å²) < 4.78 is 12.2. The summed E-state index contributed by atoms with van der Waals surface area (Å²) in [6, 6.07) is 19.2. The first-order valence-electron chi connectivity index (χ1n) is 10.6. The number of amides is 1. The van der Waals surface area contributed by atoms with Gasteiger partial charge < -0.3 is 14.8 Å². The molecule has 0 unspecified atom stereocenters. The average Bonchev–Trinajstić information content (AvgIpc) is 3.30. The summed E-state index contributed by atoms with van der Waals surface area (Å²) in [6.07, 6.45) is 3.25. The topological polar surface area (TPSA) is 82.5 Å². The molecule has 0 fully saturated rings. The number of benzene rings is 3. The molecule has 1 aromatic heterocycles. The molecule has 0 radical (unpaired) electrons. The molecule has 0 aliphatic heterocycles. The average molecular weight is 510 g/mol. The van der Waals surface area contributed by atoms with Crippen LogP contribution in [0.4, 0.5) is 5.69 Å². The Bertz CT molecular complexity index is 1370. The highest BCUT2D eigenvalue weighted by atomic mass is 35.5. The van der Waals surface area contributed by atoms with Gasteiger partial charge in [-0.15, -0.1) is 0 Å². The van der Waals surface area contributed by atoms with E-state index in [-0.39, 0.29) is 12.5 Å². The van der Waals surface area contributed by atoms with Crippen molar-refractivity contribution in [1.82, 2.24) is 9.78 Å². The quantitative estimate of drug-likeness (QED) is 0.301. The molecule has 4 aromatic rings. The fraction of sp³-hybridized carbons (Fsp3) is 0.115. The van der Waals surface area contributed by atoms with Crippen molar-refractivity contribution in [2.75, 3.05) is 12.4 Å². The first kappa shape index (κ1) is 24.3. The van der Waals surface area contributed by atoms with E-state index in [0.29, 0.717) is 39.2 Å². The Labute approximate surface area is 212 Å². The SMILES string of the molecule is COC(=O)c1ccccc1Cn1cc(NC(=O)c2cccc(COc3ccc(Cl)cc3Cl)c2)cn1. The molecule has 1 amide bonds. The lowest BCUT2D eigenvalue weighted by Gasteiger charge is -2.10. The Hall–Kier alpha value is -3.81. The normalized spacial score (nSPS) is 10.6. The summed E-state index contributed by atoms with van der Waals surface area (Å²) in [7, 11) is 1.34. The standard InChI is InChI=1S/C26H21Cl2N3O4/c1-34-26(33)22-8-3-2-6-19(22)14-31-15-21(13-29-31)30-25(32)18-7-4-5-17(11-18)16-35-24-10-9-20(27)12-23(24)28/h2-13,15H,14,16H2,1H3,(H,30,32). The van der Waals surface area contributed by atoms with Crippen LogP contribution in [0.1, 0.15) is 31.8 Å². The Balaban J connectivity index is 1.40. The maximum absolute atomic E-state index is 12.8. The third-order valence-electron chi connectivity index (χ3n) is 5.12. The number of methoxy groups -OCH3 is 1. The predicted octanol–water partition coefficient (Wildman–Crippen LogP) is 5.86. The van der Waals surface area contributed by atoms with Crippen molar-refractivity contribution in [3.63, 3.8) is 0 Å². The number of nitrogens with zero attached hydrogens (tertiary/aromatic N) is 2. The number of esters is 1. The van der Waals surface area contributed by atoms with Crippen molar-refractivity contribution < 1.29 is 19.1 Å². The Morgan fingerprint density at radius 2 is 1.86 bits per heavy atom. The van der Waals surface area contributed by atoms with E-state index >= 15 is 0 Å². The Morgan fingerprint density at radius 1 is 1.03 bits per heavy atom. The summed E-state index contributed by atoms with van der Waals surface area (Å²) in [5.41, 5.74) is 3.03. The van der Waals surface area contributed by atoms with Gasteiger partial charge in [0.25, 0.3) is 5.91 Å². The van der Waals surface area contributed by atoms with Crippen molar-refractivity contribution >= 4 is 40.8 Å². The van der Waals surface area contributed by atoms with Gasteiger partial charge in [-0.2, -0.15) is 5.10 Å². The molecule has 3 aromatic carbocycles. The van der Waals surface area contributed by atoms with Crippen LogP contribution in [0.3, 0.4) is 0 Å². The number of aromatic nitrogens is 2. The van der Waals surface area contributed by atoms with Crippen LogP contribution in [0, 0.1) is 0 Å². The van der Waals surface area contributed by atoms with Crippen LogP contribution in [-0.2, 0) is 17.9 Å². The highest BCUT2D eigenvalue weighted by molar-refractivity contribution is 6.35. The lowest BCUT2D eigenvalue weighted by molar-refractivity contribution is 0.0599. The lowest BCUT2D eigenvalue weighted by atomic mass is 10.1. The van der Waals surface area contributed by atoms with E-state index < -0.39 is 5.97 Å². The lowest BCUT2D eigenvalue weighted by Crippen LogP contribution is -2.12. The highest BCUT2D eigenvalue weighted by Crippen LogP contribution is 2.28. The van der Waals surface area contributed by atoms with Gasteiger partial charge in [0, 0.05) is 16.8 Å². The van der Waals surface area contributed by atoms with Gasteiger partial charge in [0.15, 0.2) is 0 Å². The molecule has 35 heavy (non-hydrogen) atoms. The summed E-state index contributed by atoms with van der Waals surface area (Å²) in [5.74, 6) is -0.193. The molecule has 0 spiro atoms. The molecule has 0 aliphatic carbocycles. The fourth-order valence-electron chi connectivity index (χ4n) is 3.42. The number of hydrogen-bond donors (Lipinski definition) is 1. The molecular weight excluding hydrogens is 489 g/mol. The first-order valence-corrected chi connectivity index (χ1v) is 11.4. The second-order valence-electron chi connectivity index (χ2n) is 7.59. The number of anilines is 1. The largest absolute Gasteiger partial charge is 0.487 e. The van der Waals surface area contributed by atoms with Gasteiger partial charge in [0.1, 0.15) is 12.4 Å². The zero-order chi connectivity index (χ0) is 24.8. The van der Waals surface area contributed by atoms with Crippen LogP contribution < -0.4 is 10.1 Å². The van der Waals surface area contributed by atoms with E-state index in [1.165, 1.54) is 7.11 Å². The minimum Gasteiger partial charge on any atom is -0.487 e. The third-order valence-corrected chi connectivity index (χ3v) is 5.65. The van der Waals surface area contributed by atoms with Crippen molar-refractivity contribution in [2.24, 2.45) is 0 Å². The van der Waals surface area contributed by atoms with E-state index in [1.54, 1.807) is 65.6 Å². The van der Waals surface area contributed by atoms with Crippen molar-refractivity contribution in [2.45, 2.75) is 13.2 Å². The van der Waals surface area contributed by atoms with E-state index in [1.807, 2.05) is 18.2 Å². The van der Waals surface area contributed by atoms with E-state index in [2.05, 4.69) is 10.4 Å². The molecule has 178 valence electrons. The van der Waals surface area contributed by atoms with Gasteiger partial charge in [0.05, 0.1) is 36.1 Å². The van der Waals surface area contributed by atoms with Crippen molar-refractivity contribution in [3.8, 4) is 5.75 Å². The zero-order valence-corrected chi connectivity index (χ0v) is 20.2. The van der Waals surface area contributed by atoms with Gasteiger partial charge in [-0.1, -0.05) is 53.5 Å². The monoisotopic (exact) mass is 509 g/mol. The van der Waals surface area contributed by atoms with Crippen LogP contribution in [-0.4, -0.2) is 28.8 Å². The van der Waals surface area contributed by atoms with E-state index in [9.17, 15) is 9.59 Å². The molecule has 1 N–H and O–H groups in total. The number of halogens is 2. The van der Waals surface area contributed by atoms with E-state index in [4.69, 9.17) is 32.7 Å². The second-order valence-corrected chi connectivity index (χ2v) is 8.44. The maximum atomic E-state index is 12.8. The van der Waals surface area contributed by atoms with Gasteiger partial charge in [-0.3, -0.25) is 9.48 Å². The first-order chi connectivity index (χ1) is 16.9. The molecule has 1 heterocycles. The number of ether oxygens (including phenoxy) is 2. The minimum absolute atomic E-state index is 0.236. The number of carbonyl (C=O) groups is 2. The Kier molecular flexibility index (Phi) is 7.70. The fourth-order valence-corrected chi connectivity index (χ4v) is 3.88. The third kappa shape index (κ3) is 6.20. The van der Waals surface area contributed by atoms with Crippen molar-refractivity contribution in [1.29, 1.82) is 0 Å². The molecule has 7 nitrogen and oxygen atoms in total. The van der Waals surface area contributed by atoms with Crippen LogP contribution in [0.15, 0.2) is 79.1 Å². The second kappa shape index (κ2) is 11.1. The molecule has 0 atom stereocenters. The van der Waals surface area contributed by atoms with E-state index in [0.717, 1.165) is 11.1 Å².